The molecule has 3 rings (SSSR count). The fourth-order valence-electron chi connectivity index (χ4n) is 3.89. The molecule has 0 saturated carbocycles. The Labute approximate surface area is 160 Å². The van der Waals surface area contributed by atoms with E-state index in [0.717, 1.165) is 17.7 Å². The summed E-state index contributed by atoms with van der Waals surface area (Å²) in [6.45, 7) is 6.01. The third kappa shape index (κ3) is 3.94. The molecule has 7 nitrogen and oxygen atoms in total. The van der Waals surface area contributed by atoms with Crippen molar-refractivity contribution >= 4 is 11.8 Å². The summed E-state index contributed by atoms with van der Waals surface area (Å²) in [4.78, 5) is 28.9. The molecule has 2 aliphatic rings. The van der Waals surface area contributed by atoms with Crippen LogP contribution in [-0.4, -0.2) is 71.1 Å². The molecule has 1 atom stereocenters. The molecule has 2 heterocycles. The van der Waals surface area contributed by atoms with Gasteiger partial charge in [-0.3, -0.25) is 14.5 Å². The number of hydrogen-bond acceptors (Lipinski definition) is 5. The van der Waals surface area contributed by atoms with E-state index in [1.165, 1.54) is 0 Å². The van der Waals surface area contributed by atoms with Crippen LogP contribution in [0.15, 0.2) is 24.3 Å². The van der Waals surface area contributed by atoms with Gasteiger partial charge in [-0.1, -0.05) is 12.1 Å². The molecule has 148 valence electrons. The van der Waals surface area contributed by atoms with Crippen LogP contribution in [-0.2, 0) is 16.1 Å². The van der Waals surface area contributed by atoms with Gasteiger partial charge in [-0.05, 0) is 44.4 Å². The van der Waals surface area contributed by atoms with Crippen molar-refractivity contribution < 1.29 is 19.4 Å². The van der Waals surface area contributed by atoms with Crippen molar-refractivity contribution in [1.29, 1.82) is 0 Å². The molecule has 2 saturated heterocycles. The number of benzene rings is 1. The molecule has 0 unspecified atom stereocenters. The molecule has 2 amide bonds. The highest BCUT2D eigenvalue weighted by Gasteiger charge is 2.47. The van der Waals surface area contributed by atoms with Gasteiger partial charge in [-0.15, -0.1) is 0 Å². The summed E-state index contributed by atoms with van der Waals surface area (Å²) < 4.78 is 5.25. The van der Waals surface area contributed by atoms with Crippen molar-refractivity contribution in [1.82, 2.24) is 15.1 Å². The van der Waals surface area contributed by atoms with Crippen LogP contribution in [0.3, 0.4) is 0 Å². The highest BCUT2D eigenvalue weighted by atomic mass is 16.5. The fourth-order valence-corrected chi connectivity index (χ4v) is 3.89. The Balaban J connectivity index is 1.74. The van der Waals surface area contributed by atoms with Gasteiger partial charge in [0.25, 0.3) is 5.91 Å². The lowest BCUT2D eigenvalue weighted by atomic mass is 9.88. The Morgan fingerprint density at radius 2 is 2.04 bits per heavy atom. The van der Waals surface area contributed by atoms with Crippen molar-refractivity contribution in [2.45, 2.75) is 44.4 Å². The summed E-state index contributed by atoms with van der Waals surface area (Å²) in [5, 5.41) is 14.0. The van der Waals surface area contributed by atoms with E-state index in [-0.39, 0.29) is 18.4 Å². The van der Waals surface area contributed by atoms with Crippen molar-refractivity contribution in [3.8, 4) is 5.75 Å². The number of hydrogen-bond donors (Lipinski definition) is 2. The summed E-state index contributed by atoms with van der Waals surface area (Å²) in [7, 11) is 1.61. The van der Waals surface area contributed by atoms with Gasteiger partial charge in [-0.25, -0.2) is 0 Å². The predicted molar refractivity (Wildman–Crippen MR) is 101 cm³/mol. The minimum absolute atomic E-state index is 0.0751. The predicted octanol–water partition coefficient (Wildman–Crippen LogP) is 0.759. The first kappa shape index (κ1) is 19.6. The average Bonchev–Trinajstić information content (AvgIpc) is 2.64. The van der Waals surface area contributed by atoms with E-state index in [1.807, 2.05) is 43.0 Å². The number of carbonyl (C=O) groups excluding carboxylic acids is 2. The number of likely N-dealkylation sites (tertiary alicyclic amines) is 1. The minimum atomic E-state index is -1.47. The van der Waals surface area contributed by atoms with Crippen LogP contribution >= 0.6 is 0 Å². The van der Waals surface area contributed by atoms with Crippen molar-refractivity contribution in [2.75, 3.05) is 33.3 Å². The highest BCUT2D eigenvalue weighted by molar-refractivity contribution is 5.88. The Morgan fingerprint density at radius 1 is 1.26 bits per heavy atom. The standard InChI is InChI=1S/C20H29N3O4/c1-19(2)17(24)21-9-11-23(19)14-20(26)8-5-10-22(18(20)25)13-15-6-4-7-16(12-15)27-3/h4,6-7,12,26H,5,8-11,13-14H2,1-3H3,(H,21,24)/t20-/m0/s1. The Hall–Kier alpha value is -2.12. The topological polar surface area (TPSA) is 82.1 Å². The smallest absolute Gasteiger partial charge is 0.256 e. The van der Waals surface area contributed by atoms with E-state index in [2.05, 4.69) is 5.32 Å². The number of ether oxygens (including phenoxy) is 1. The number of nitrogens with one attached hydrogen (secondary N) is 1. The van der Waals surface area contributed by atoms with Crippen LogP contribution in [0, 0.1) is 0 Å². The number of rotatable bonds is 5. The number of amides is 2. The number of piperazine rings is 1. The van der Waals surface area contributed by atoms with Crippen LogP contribution in [0.5, 0.6) is 5.75 Å². The highest BCUT2D eigenvalue weighted by Crippen LogP contribution is 2.29. The zero-order valence-electron chi connectivity index (χ0n) is 16.3. The van der Waals surface area contributed by atoms with Crippen LogP contribution in [0.2, 0.25) is 0 Å². The van der Waals surface area contributed by atoms with Gasteiger partial charge in [0.15, 0.2) is 5.60 Å². The molecule has 0 radical (unpaired) electrons. The molecule has 0 aliphatic carbocycles. The third-order valence-electron chi connectivity index (χ3n) is 5.68. The second kappa shape index (κ2) is 7.48. The zero-order chi connectivity index (χ0) is 19.7. The Morgan fingerprint density at radius 3 is 2.78 bits per heavy atom. The number of carbonyl (C=O) groups is 2. The van der Waals surface area contributed by atoms with Crippen LogP contribution in [0.1, 0.15) is 32.3 Å². The van der Waals surface area contributed by atoms with Crippen LogP contribution < -0.4 is 10.1 Å². The molecule has 1 aromatic rings. The molecule has 27 heavy (non-hydrogen) atoms. The molecule has 0 spiro atoms. The molecule has 2 N–H and O–H groups in total. The van der Waals surface area contributed by atoms with E-state index >= 15 is 0 Å². The van der Waals surface area contributed by atoms with Gasteiger partial charge >= 0.3 is 0 Å². The number of nitrogens with zero attached hydrogens (tertiary/aromatic N) is 2. The van der Waals surface area contributed by atoms with Gasteiger partial charge in [-0.2, -0.15) is 0 Å². The van der Waals surface area contributed by atoms with E-state index in [4.69, 9.17) is 4.74 Å². The van der Waals surface area contributed by atoms with E-state index in [0.29, 0.717) is 32.6 Å². The molecule has 0 bridgehead atoms. The van der Waals surface area contributed by atoms with Crippen molar-refractivity contribution in [3.63, 3.8) is 0 Å². The normalized spacial score (nSPS) is 26.0. The first-order valence-corrected chi connectivity index (χ1v) is 9.44. The average molecular weight is 375 g/mol. The molecular formula is C20H29N3O4. The maximum atomic E-state index is 13.1. The maximum Gasteiger partial charge on any atom is 0.256 e. The van der Waals surface area contributed by atoms with Gasteiger partial charge < -0.3 is 20.1 Å². The monoisotopic (exact) mass is 375 g/mol. The molecule has 2 fully saturated rings. The molecule has 2 aliphatic heterocycles. The van der Waals surface area contributed by atoms with Gasteiger partial charge in [0.2, 0.25) is 5.91 Å². The molecule has 7 heteroatoms. The summed E-state index contributed by atoms with van der Waals surface area (Å²) in [6.07, 6.45) is 1.14. The Kier molecular flexibility index (Phi) is 5.44. The Bertz CT molecular complexity index is 721. The molecule has 1 aromatic carbocycles. The second-order valence-electron chi connectivity index (χ2n) is 7.95. The number of methoxy groups -OCH3 is 1. The summed E-state index contributed by atoms with van der Waals surface area (Å²) in [6, 6.07) is 7.60. The number of aliphatic hydroxyl groups is 1. The van der Waals surface area contributed by atoms with Crippen LogP contribution in [0.25, 0.3) is 0 Å². The minimum Gasteiger partial charge on any atom is -0.497 e. The largest absolute Gasteiger partial charge is 0.497 e. The van der Waals surface area contributed by atoms with Crippen molar-refractivity contribution in [3.05, 3.63) is 29.8 Å². The lowest BCUT2D eigenvalue weighted by molar-refractivity contribution is -0.164. The SMILES string of the molecule is COc1cccc(CN2CCC[C@](O)(CN3CCNC(=O)C3(C)C)C2=O)c1. The zero-order valence-corrected chi connectivity index (χ0v) is 16.3. The van der Waals surface area contributed by atoms with E-state index in [1.54, 1.807) is 12.0 Å². The third-order valence-corrected chi connectivity index (χ3v) is 5.68. The lowest BCUT2D eigenvalue weighted by Gasteiger charge is -2.46. The molecule has 0 aromatic heterocycles. The fraction of sp³-hybridized carbons (Fsp3) is 0.600. The van der Waals surface area contributed by atoms with E-state index in [9.17, 15) is 14.7 Å². The lowest BCUT2D eigenvalue weighted by Crippen LogP contribution is -2.67. The first-order chi connectivity index (χ1) is 12.8. The number of piperidine rings is 1. The molecular weight excluding hydrogens is 346 g/mol. The van der Waals surface area contributed by atoms with Gasteiger partial charge in [0, 0.05) is 32.7 Å². The van der Waals surface area contributed by atoms with E-state index < -0.39 is 11.1 Å². The number of β-amino-alcohol motifs (C(OH)–C–C–N with tert-alkyl or cyclic N) is 1. The summed E-state index contributed by atoms with van der Waals surface area (Å²) in [5.74, 6) is 0.403. The maximum absolute atomic E-state index is 13.1. The van der Waals surface area contributed by atoms with Crippen molar-refractivity contribution in [2.24, 2.45) is 0 Å². The summed E-state index contributed by atoms with van der Waals surface area (Å²) >= 11 is 0. The summed E-state index contributed by atoms with van der Waals surface area (Å²) in [5.41, 5.74) is -1.25. The van der Waals surface area contributed by atoms with Gasteiger partial charge in [0.05, 0.1) is 12.6 Å². The quantitative estimate of drug-likeness (QED) is 0.794. The van der Waals surface area contributed by atoms with Gasteiger partial charge in [0.1, 0.15) is 5.75 Å². The second-order valence-corrected chi connectivity index (χ2v) is 7.95. The first-order valence-electron chi connectivity index (χ1n) is 9.44. The van der Waals surface area contributed by atoms with Crippen LogP contribution in [0.4, 0.5) is 0 Å².